The fraction of sp³-hybridized carbons (Fsp3) is 0.0714. The van der Waals surface area contributed by atoms with Gasteiger partial charge in [0, 0.05) is 29.4 Å². The van der Waals surface area contributed by atoms with E-state index in [-0.39, 0.29) is 5.92 Å². The quantitative estimate of drug-likeness (QED) is 0.342. The fourth-order valence-electron chi connectivity index (χ4n) is 4.85. The predicted molar refractivity (Wildman–Crippen MR) is 132 cm³/mol. The van der Waals surface area contributed by atoms with E-state index < -0.39 is 0 Å². The number of fused-ring (bicyclic) bond motifs is 6. The second-order valence-corrected chi connectivity index (χ2v) is 8.42. The average molecular weight is 457 g/mol. The molecule has 7 heteroatoms. The number of aromatic nitrogens is 5. The summed E-state index contributed by atoms with van der Waals surface area (Å²) in [7, 11) is 1.67. The van der Waals surface area contributed by atoms with Crippen LogP contribution in [0, 0.1) is 0 Å². The lowest BCUT2D eigenvalue weighted by atomic mass is 9.81. The maximum absolute atomic E-state index is 6.38. The van der Waals surface area contributed by atoms with E-state index >= 15 is 0 Å². The third kappa shape index (κ3) is 3.05. The molecule has 0 spiro atoms. The van der Waals surface area contributed by atoms with E-state index in [9.17, 15) is 0 Å². The largest absolute Gasteiger partial charge is 0.497 e. The summed E-state index contributed by atoms with van der Waals surface area (Å²) < 4.78 is 13.5. The van der Waals surface area contributed by atoms with Crippen molar-refractivity contribution >= 4 is 16.4 Å². The van der Waals surface area contributed by atoms with Crippen LogP contribution in [0.1, 0.15) is 22.6 Å². The van der Waals surface area contributed by atoms with Gasteiger partial charge < -0.3 is 9.47 Å². The van der Waals surface area contributed by atoms with Crippen LogP contribution in [-0.2, 0) is 0 Å². The summed E-state index contributed by atoms with van der Waals surface area (Å²) in [4.78, 5) is 13.8. The highest BCUT2D eigenvalue weighted by Gasteiger charge is 2.34. The minimum absolute atomic E-state index is 0.159. The van der Waals surface area contributed by atoms with Gasteiger partial charge in [0.15, 0.2) is 11.5 Å². The maximum Gasteiger partial charge on any atom is 0.228 e. The standard InChI is InChI=1S/C28H19N5O2/c1-34-20-11-8-18(9-12-20)23-24-21-7-3-2-5-17(21)10-13-22(24)35-28-25(23)27-31-26(32-33(27)16-30-28)19-6-4-14-29-15-19/h2-16,23H,1H3/t23-/m1/s1. The number of hydrogen-bond donors (Lipinski definition) is 0. The average Bonchev–Trinajstić information content (AvgIpc) is 3.37. The molecule has 168 valence electrons. The molecule has 0 saturated heterocycles. The number of methoxy groups -OCH3 is 1. The zero-order valence-corrected chi connectivity index (χ0v) is 18.8. The van der Waals surface area contributed by atoms with Crippen LogP contribution in [0.2, 0.25) is 0 Å². The molecule has 7 nitrogen and oxygen atoms in total. The van der Waals surface area contributed by atoms with Gasteiger partial charge in [0.05, 0.1) is 12.7 Å². The van der Waals surface area contributed by atoms with Crippen molar-refractivity contribution in [1.29, 1.82) is 0 Å². The Labute approximate surface area is 200 Å². The van der Waals surface area contributed by atoms with Gasteiger partial charge in [-0.05, 0) is 46.7 Å². The monoisotopic (exact) mass is 457 g/mol. The zero-order chi connectivity index (χ0) is 23.4. The van der Waals surface area contributed by atoms with E-state index in [1.807, 2.05) is 36.4 Å². The molecule has 0 amide bonds. The molecule has 0 unspecified atom stereocenters. The number of nitrogens with zero attached hydrogens (tertiary/aromatic N) is 5. The first-order valence-corrected chi connectivity index (χ1v) is 11.3. The smallest absolute Gasteiger partial charge is 0.228 e. The number of benzene rings is 3. The predicted octanol–water partition coefficient (Wildman–Crippen LogP) is 5.63. The summed E-state index contributed by atoms with van der Waals surface area (Å²) in [5, 5.41) is 6.97. The lowest BCUT2D eigenvalue weighted by Crippen LogP contribution is -2.15. The van der Waals surface area contributed by atoms with Crippen molar-refractivity contribution in [2.24, 2.45) is 0 Å². The van der Waals surface area contributed by atoms with Crippen LogP contribution in [0.15, 0.2) is 91.5 Å². The van der Waals surface area contributed by atoms with Crippen molar-refractivity contribution in [3.05, 3.63) is 108 Å². The normalized spacial score (nSPS) is 14.4. The molecule has 3 aromatic heterocycles. The Morgan fingerprint density at radius 1 is 0.914 bits per heavy atom. The van der Waals surface area contributed by atoms with Crippen molar-refractivity contribution in [2.75, 3.05) is 7.11 Å². The topological polar surface area (TPSA) is 74.4 Å². The number of rotatable bonds is 3. The Morgan fingerprint density at radius 2 is 1.80 bits per heavy atom. The van der Waals surface area contributed by atoms with Gasteiger partial charge >= 0.3 is 0 Å². The van der Waals surface area contributed by atoms with Gasteiger partial charge in [-0.3, -0.25) is 4.98 Å². The minimum atomic E-state index is -0.159. The molecule has 0 saturated carbocycles. The molecule has 4 heterocycles. The molecule has 0 N–H and O–H groups in total. The second-order valence-electron chi connectivity index (χ2n) is 8.42. The van der Waals surface area contributed by atoms with Gasteiger partial charge in [0.25, 0.3) is 0 Å². The summed E-state index contributed by atoms with van der Waals surface area (Å²) in [5.74, 6) is 2.56. The molecule has 0 radical (unpaired) electrons. The van der Waals surface area contributed by atoms with Crippen molar-refractivity contribution in [1.82, 2.24) is 24.6 Å². The third-order valence-electron chi connectivity index (χ3n) is 6.47. The Bertz CT molecular complexity index is 1710. The molecule has 6 aromatic rings. The maximum atomic E-state index is 6.38. The third-order valence-corrected chi connectivity index (χ3v) is 6.47. The summed E-state index contributed by atoms with van der Waals surface area (Å²) >= 11 is 0. The summed E-state index contributed by atoms with van der Waals surface area (Å²) in [6, 6.07) is 24.4. The van der Waals surface area contributed by atoms with E-state index in [2.05, 4.69) is 46.4 Å². The van der Waals surface area contributed by atoms with E-state index in [1.54, 1.807) is 30.3 Å². The molecule has 0 aliphatic carbocycles. The lowest BCUT2D eigenvalue weighted by molar-refractivity contribution is 0.414. The summed E-state index contributed by atoms with van der Waals surface area (Å²) in [6.07, 6.45) is 5.14. The molecular weight excluding hydrogens is 438 g/mol. The first-order chi connectivity index (χ1) is 17.3. The Hall–Kier alpha value is -4.78. The van der Waals surface area contributed by atoms with Gasteiger partial charge in [-0.2, -0.15) is 0 Å². The minimum Gasteiger partial charge on any atom is -0.497 e. The molecule has 1 aliphatic heterocycles. The van der Waals surface area contributed by atoms with Gasteiger partial charge in [-0.1, -0.05) is 42.5 Å². The molecule has 35 heavy (non-hydrogen) atoms. The second kappa shape index (κ2) is 7.63. The van der Waals surface area contributed by atoms with Crippen molar-refractivity contribution in [3.8, 4) is 28.8 Å². The highest BCUT2D eigenvalue weighted by Crippen LogP contribution is 2.50. The van der Waals surface area contributed by atoms with Crippen LogP contribution in [0.5, 0.6) is 17.4 Å². The van der Waals surface area contributed by atoms with Crippen molar-refractivity contribution in [2.45, 2.75) is 5.92 Å². The molecule has 0 fully saturated rings. The molecule has 7 rings (SSSR count). The van der Waals surface area contributed by atoms with Crippen LogP contribution in [0.3, 0.4) is 0 Å². The Kier molecular flexibility index (Phi) is 4.29. The van der Waals surface area contributed by atoms with Crippen LogP contribution >= 0.6 is 0 Å². The number of pyridine rings is 1. The molecule has 0 bridgehead atoms. The first-order valence-electron chi connectivity index (χ1n) is 11.3. The highest BCUT2D eigenvalue weighted by atomic mass is 16.5. The summed E-state index contributed by atoms with van der Waals surface area (Å²) in [6.45, 7) is 0. The van der Waals surface area contributed by atoms with Crippen LogP contribution < -0.4 is 9.47 Å². The van der Waals surface area contributed by atoms with Crippen molar-refractivity contribution in [3.63, 3.8) is 0 Å². The van der Waals surface area contributed by atoms with E-state index in [4.69, 9.17) is 19.6 Å². The Morgan fingerprint density at radius 3 is 2.63 bits per heavy atom. The first kappa shape index (κ1) is 19.7. The Balaban J connectivity index is 1.53. The van der Waals surface area contributed by atoms with Gasteiger partial charge in [0.1, 0.15) is 17.8 Å². The van der Waals surface area contributed by atoms with E-state index in [1.165, 1.54) is 0 Å². The molecular formula is C28H19N5O2. The number of ether oxygens (including phenoxy) is 2. The van der Waals surface area contributed by atoms with Crippen LogP contribution in [0.25, 0.3) is 27.8 Å². The van der Waals surface area contributed by atoms with Gasteiger partial charge in [-0.25, -0.2) is 14.5 Å². The summed E-state index contributed by atoms with van der Waals surface area (Å²) in [5.41, 5.74) is 4.60. The molecule has 1 atom stereocenters. The van der Waals surface area contributed by atoms with Gasteiger partial charge in [-0.15, -0.1) is 5.10 Å². The van der Waals surface area contributed by atoms with Crippen LogP contribution in [-0.4, -0.2) is 31.7 Å². The highest BCUT2D eigenvalue weighted by molar-refractivity contribution is 5.91. The van der Waals surface area contributed by atoms with Crippen molar-refractivity contribution < 1.29 is 9.47 Å². The van der Waals surface area contributed by atoms with E-state index in [0.29, 0.717) is 17.4 Å². The zero-order valence-electron chi connectivity index (χ0n) is 18.8. The van der Waals surface area contributed by atoms with Gasteiger partial charge in [0.2, 0.25) is 5.88 Å². The SMILES string of the molecule is COc1ccc([C@@H]2c3c(ccc4ccccc34)Oc3ncn4nc(-c5cccnc5)nc4c32)cc1. The lowest BCUT2D eigenvalue weighted by Gasteiger charge is -2.29. The number of hydrogen-bond acceptors (Lipinski definition) is 6. The molecule has 3 aromatic carbocycles. The van der Waals surface area contributed by atoms with Crippen LogP contribution in [0.4, 0.5) is 0 Å². The fourth-order valence-corrected chi connectivity index (χ4v) is 4.85. The van der Waals surface area contributed by atoms with E-state index in [0.717, 1.165) is 44.5 Å². The molecule has 1 aliphatic rings.